The van der Waals surface area contributed by atoms with Crippen molar-refractivity contribution in [2.75, 3.05) is 11.9 Å². The Morgan fingerprint density at radius 3 is 2.66 bits per heavy atom. The summed E-state index contributed by atoms with van der Waals surface area (Å²) in [5.41, 5.74) is -0.559. The molecule has 0 bridgehead atoms. The number of alkyl halides is 1. The van der Waals surface area contributed by atoms with Gasteiger partial charge in [-0.1, -0.05) is 18.2 Å². The molecule has 1 aliphatic carbocycles. The van der Waals surface area contributed by atoms with E-state index < -0.39 is 56.6 Å². The fourth-order valence-electron chi connectivity index (χ4n) is 4.53. The minimum Gasteiger partial charge on any atom is -0.462 e. The average Bonchev–Trinajstić information content (AvgIpc) is 3.58. The predicted molar refractivity (Wildman–Crippen MR) is 148 cm³/mol. The molecule has 0 spiro atoms. The van der Waals surface area contributed by atoms with Crippen LogP contribution in [0.3, 0.4) is 0 Å². The van der Waals surface area contributed by atoms with Crippen molar-refractivity contribution in [2.24, 2.45) is 0 Å². The number of esters is 1. The third kappa shape index (κ3) is 6.54. The zero-order valence-electron chi connectivity index (χ0n) is 23.3. The van der Waals surface area contributed by atoms with Crippen molar-refractivity contribution in [3.05, 3.63) is 48.9 Å². The molecule has 41 heavy (non-hydrogen) atoms. The van der Waals surface area contributed by atoms with E-state index in [2.05, 4.69) is 20.4 Å². The number of hydrogen-bond donors (Lipinski definition) is 3. The first-order chi connectivity index (χ1) is 19.5. The molecule has 3 aromatic rings. The predicted octanol–water partition coefficient (Wildman–Crippen LogP) is 4.13. The zero-order chi connectivity index (χ0) is 29.4. The lowest BCUT2D eigenvalue weighted by Crippen LogP contribution is -2.41. The molecule has 3 N–H and O–H groups in total. The van der Waals surface area contributed by atoms with Crippen molar-refractivity contribution in [1.82, 2.24) is 19.6 Å². The molecule has 0 amide bonds. The van der Waals surface area contributed by atoms with Crippen LogP contribution < -0.4 is 14.9 Å². The van der Waals surface area contributed by atoms with Gasteiger partial charge in [0.2, 0.25) is 0 Å². The first-order valence-electron chi connectivity index (χ1n) is 13.5. The summed E-state index contributed by atoms with van der Waals surface area (Å²) in [5, 5.41) is 16.9. The van der Waals surface area contributed by atoms with Gasteiger partial charge in [0.25, 0.3) is 0 Å². The summed E-state index contributed by atoms with van der Waals surface area (Å²) >= 11 is 0. The number of rotatable bonds is 12. The van der Waals surface area contributed by atoms with Gasteiger partial charge in [0.15, 0.2) is 17.5 Å². The van der Waals surface area contributed by atoms with E-state index in [1.165, 1.54) is 24.7 Å². The number of imidazole rings is 1. The Bertz CT molecular complexity index is 1420. The van der Waals surface area contributed by atoms with Crippen molar-refractivity contribution >= 4 is 30.6 Å². The SMILES string of the molecule is CC(C)OC(=O)[C@H](C)NP(=O)(OC[C@H]1O[C@@H](n2cnc3c(NC4CC4)ccnc32)[C@](C)(F)[C@@H]1O)Oc1ccccc1. The Kier molecular flexibility index (Phi) is 8.36. The number of carbonyl (C=O) groups excluding carboxylic acids is 1. The number of nitrogens with one attached hydrogen (secondary N) is 2. The number of aliphatic hydroxyl groups is 1. The van der Waals surface area contributed by atoms with Gasteiger partial charge in [-0.15, -0.1) is 0 Å². The molecule has 14 heteroatoms. The van der Waals surface area contributed by atoms with Crippen molar-refractivity contribution in [2.45, 2.75) is 82.8 Å². The van der Waals surface area contributed by atoms with E-state index in [-0.39, 0.29) is 5.75 Å². The molecule has 5 rings (SSSR count). The lowest BCUT2D eigenvalue weighted by molar-refractivity contribution is -0.149. The van der Waals surface area contributed by atoms with Gasteiger partial charge < -0.3 is 24.4 Å². The number of fused-ring (bicyclic) bond motifs is 1. The molecule has 1 aromatic carbocycles. The maximum absolute atomic E-state index is 16.0. The van der Waals surface area contributed by atoms with Gasteiger partial charge in [-0.05, 0) is 58.7 Å². The molecule has 0 radical (unpaired) electrons. The van der Waals surface area contributed by atoms with Crippen LogP contribution in [0.25, 0.3) is 11.2 Å². The molecule has 6 atom stereocenters. The summed E-state index contributed by atoms with van der Waals surface area (Å²) in [6.45, 7) is 5.52. The molecule has 1 aliphatic heterocycles. The number of aliphatic hydroxyl groups excluding tert-OH is 1. The molecule has 1 saturated heterocycles. The number of carbonyl (C=O) groups is 1. The van der Waals surface area contributed by atoms with E-state index in [1.54, 1.807) is 50.4 Å². The second kappa shape index (κ2) is 11.7. The standard InChI is InChI=1S/C27H35FN5O7P/c1-16(2)38-25(35)17(3)32-41(36,40-19-8-6-5-7-9-19)37-14-21-23(34)27(4,28)26(39-21)33-15-30-22-20(31-18-10-11-18)12-13-29-24(22)33/h5-9,12-13,15-18,21,23,26,34H,10-11,14H2,1-4H3,(H,29,31)(H,32,36)/t17-,21+,23+,26+,27+,41?/m0/s1. The number of hydrogen-bond acceptors (Lipinski definition) is 10. The molecule has 1 saturated carbocycles. The van der Waals surface area contributed by atoms with E-state index in [4.69, 9.17) is 18.5 Å². The minimum absolute atomic E-state index is 0.209. The van der Waals surface area contributed by atoms with Crippen molar-refractivity contribution in [1.29, 1.82) is 0 Å². The number of nitrogens with zero attached hydrogens (tertiary/aromatic N) is 3. The summed E-state index contributed by atoms with van der Waals surface area (Å²) in [6, 6.07) is 9.34. The van der Waals surface area contributed by atoms with E-state index in [0.717, 1.165) is 18.5 Å². The number of para-hydroxylation sites is 1. The van der Waals surface area contributed by atoms with Gasteiger partial charge in [-0.3, -0.25) is 13.9 Å². The molecule has 2 aliphatic rings. The Morgan fingerprint density at radius 1 is 1.24 bits per heavy atom. The maximum atomic E-state index is 16.0. The third-order valence-electron chi connectivity index (χ3n) is 6.80. The number of ether oxygens (including phenoxy) is 2. The first kappa shape index (κ1) is 29.4. The van der Waals surface area contributed by atoms with E-state index in [9.17, 15) is 14.5 Å². The number of benzene rings is 1. The van der Waals surface area contributed by atoms with E-state index in [0.29, 0.717) is 17.2 Å². The monoisotopic (exact) mass is 591 g/mol. The fraction of sp³-hybridized carbons (Fsp3) is 0.519. The van der Waals surface area contributed by atoms with Crippen LogP contribution in [0.15, 0.2) is 48.9 Å². The van der Waals surface area contributed by atoms with Gasteiger partial charge in [-0.2, -0.15) is 5.09 Å². The topological polar surface area (TPSA) is 146 Å². The number of aromatic nitrogens is 3. The normalized spacial score (nSPS) is 26.6. The largest absolute Gasteiger partial charge is 0.462 e. The summed E-state index contributed by atoms with van der Waals surface area (Å²) in [4.78, 5) is 21.2. The van der Waals surface area contributed by atoms with Crippen molar-refractivity contribution < 1.29 is 37.4 Å². The second-order valence-corrected chi connectivity index (χ2v) is 12.5. The third-order valence-corrected chi connectivity index (χ3v) is 8.45. The quantitative estimate of drug-likeness (QED) is 0.206. The number of pyridine rings is 1. The Morgan fingerprint density at radius 2 is 1.98 bits per heavy atom. The number of anilines is 1. The molecule has 2 aromatic heterocycles. The Labute approximate surface area is 237 Å². The summed E-state index contributed by atoms with van der Waals surface area (Å²) < 4.78 is 53.7. The molecule has 1 unspecified atom stereocenters. The van der Waals surface area contributed by atoms with Crippen LogP contribution in [0.4, 0.5) is 10.1 Å². The summed E-state index contributed by atoms with van der Waals surface area (Å²) in [7, 11) is -4.25. The van der Waals surface area contributed by atoms with Gasteiger partial charge in [0.1, 0.15) is 29.5 Å². The summed E-state index contributed by atoms with van der Waals surface area (Å²) in [5.74, 6) is -0.454. The average molecular weight is 592 g/mol. The Balaban J connectivity index is 1.34. The van der Waals surface area contributed by atoms with Gasteiger partial charge in [0.05, 0.1) is 24.7 Å². The highest BCUT2D eigenvalue weighted by Gasteiger charge is 2.56. The molecular formula is C27H35FN5O7P. The lowest BCUT2D eigenvalue weighted by atomic mass is 9.98. The second-order valence-electron chi connectivity index (χ2n) is 10.8. The van der Waals surface area contributed by atoms with Crippen LogP contribution >= 0.6 is 7.75 Å². The number of halogens is 1. The van der Waals surface area contributed by atoms with E-state index >= 15 is 4.39 Å². The fourth-order valence-corrected chi connectivity index (χ4v) is 6.03. The van der Waals surface area contributed by atoms with Gasteiger partial charge in [0, 0.05) is 12.2 Å². The van der Waals surface area contributed by atoms with Crippen molar-refractivity contribution in [3.63, 3.8) is 0 Å². The van der Waals surface area contributed by atoms with Crippen molar-refractivity contribution in [3.8, 4) is 5.75 Å². The van der Waals surface area contributed by atoms with Crippen LogP contribution in [0, 0.1) is 0 Å². The van der Waals surface area contributed by atoms with Crippen LogP contribution in [0.1, 0.15) is 46.8 Å². The van der Waals surface area contributed by atoms with Gasteiger partial charge >= 0.3 is 13.7 Å². The smallest absolute Gasteiger partial charge is 0.459 e. The maximum Gasteiger partial charge on any atom is 0.459 e. The van der Waals surface area contributed by atoms with Gasteiger partial charge in [-0.25, -0.2) is 18.9 Å². The highest BCUT2D eigenvalue weighted by atomic mass is 31.2. The van der Waals surface area contributed by atoms with Crippen LogP contribution in [-0.4, -0.2) is 68.3 Å². The Hall–Kier alpha value is -3.09. The zero-order valence-corrected chi connectivity index (χ0v) is 24.2. The summed E-state index contributed by atoms with van der Waals surface area (Å²) in [6.07, 6.45) is 0.551. The molecule has 12 nitrogen and oxygen atoms in total. The van der Waals surface area contributed by atoms with Crippen LogP contribution in [-0.2, 0) is 23.4 Å². The molecule has 222 valence electrons. The molecular weight excluding hydrogens is 556 g/mol. The minimum atomic E-state index is -4.25. The van der Waals surface area contributed by atoms with Crippen LogP contribution in [0.5, 0.6) is 5.75 Å². The molecule has 2 fully saturated rings. The van der Waals surface area contributed by atoms with E-state index in [1.807, 2.05) is 6.07 Å². The lowest BCUT2D eigenvalue weighted by Gasteiger charge is -2.25. The first-order valence-corrected chi connectivity index (χ1v) is 15.1. The highest BCUT2D eigenvalue weighted by Crippen LogP contribution is 2.48. The molecule has 3 heterocycles. The highest BCUT2D eigenvalue weighted by molar-refractivity contribution is 7.52. The van der Waals surface area contributed by atoms with Crippen LogP contribution in [0.2, 0.25) is 0 Å².